The van der Waals surface area contributed by atoms with Gasteiger partial charge in [-0.2, -0.15) is 13.2 Å². The second-order valence-corrected chi connectivity index (χ2v) is 5.87. The Labute approximate surface area is 120 Å². The maximum absolute atomic E-state index is 11.8. The molecule has 0 aromatic carbocycles. The molecule has 1 heterocycles. The standard InChI is InChI=1S/C10H20N2O2.C2HF3O2/c1-10(2,3)8(11)9(14)12-5-4-7(13)6-12;3-2(4,5)1(6)7/h7-8,13H,4-6,11H2,1-3H3;(H,6,7)/t7-,8-;/m1./s1. The Bertz CT molecular complexity index is 380. The Morgan fingerprint density at radius 1 is 1.29 bits per heavy atom. The highest BCUT2D eigenvalue weighted by Gasteiger charge is 2.38. The van der Waals surface area contributed by atoms with Crippen molar-refractivity contribution in [2.24, 2.45) is 11.1 Å². The lowest BCUT2D eigenvalue weighted by atomic mass is 9.86. The van der Waals surface area contributed by atoms with Crippen molar-refractivity contribution in [3.05, 3.63) is 0 Å². The van der Waals surface area contributed by atoms with E-state index < -0.39 is 18.2 Å². The van der Waals surface area contributed by atoms with E-state index in [1.54, 1.807) is 4.90 Å². The molecule has 9 heteroatoms. The van der Waals surface area contributed by atoms with Crippen molar-refractivity contribution >= 4 is 11.9 Å². The molecular formula is C12H21F3N2O4. The van der Waals surface area contributed by atoms with E-state index >= 15 is 0 Å². The van der Waals surface area contributed by atoms with Crippen LogP contribution in [-0.4, -0.2) is 58.4 Å². The monoisotopic (exact) mass is 314 g/mol. The number of aliphatic hydroxyl groups is 1. The third-order valence-electron chi connectivity index (χ3n) is 2.92. The number of hydrogen-bond donors (Lipinski definition) is 3. The molecule has 0 radical (unpaired) electrons. The minimum absolute atomic E-state index is 0.0472. The fraction of sp³-hybridized carbons (Fsp3) is 0.833. The molecule has 1 aliphatic rings. The van der Waals surface area contributed by atoms with Gasteiger partial charge in [-0.1, -0.05) is 20.8 Å². The van der Waals surface area contributed by atoms with Crippen molar-refractivity contribution in [2.45, 2.75) is 45.5 Å². The summed E-state index contributed by atoms with van der Waals surface area (Å²) in [5.41, 5.74) is 5.63. The van der Waals surface area contributed by atoms with Crippen molar-refractivity contribution in [3.63, 3.8) is 0 Å². The van der Waals surface area contributed by atoms with Crippen LogP contribution in [0.5, 0.6) is 0 Å². The number of carboxylic acid groups (broad SMARTS) is 1. The lowest BCUT2D eigenvalue weighted by Gasteiger charge is -2.29. The highest BCUT2D eigenvalue weighted by Crippen LogP contribution is 2.21. The van der Waals surface area contributed by atoms with Gasteiger partial charge in [0, 0.05) is 13.1 Å². The van der Waals surface area contributed by atoms with Gasteiger partial charge in [-0.05, 0) is 11.8 Å². The Morgan fingerprint density at radius 3 is 1.95 bits per heavy atom. The van der Waals surface area contributed by atoms with Gasteiger partial charge >= 0.3 is 12.1 Å². The van der Waals surface area contributed by atoms with Crippen LogP contribution in [0.3, 0.4) is 0 Å². The Morgan fingerprint density at radius 2 is 1.71 bits per heavy atom. The van der Waals surface area contributed by atoms with Gasteiger partial charge in [-0.25, -0.2) is 4.79 Å². The second kappa shape index (κ2) is 7.08. The summed E-state index contributed by atoms with van der Waals surface area (Å²) in [4.78, 5) is 22.4. The zero-order valence-corrected chi connectivity index (χ0v) is 12.1. The lowest BCUT2D eigenvalue weighted by molar-refractivity contribution is -0.192. The third kappa shape index (κ3) is 6.76. The Balaban J connectivity index is 0.000000486. The predicted molar refractivity (Wildman–Crippen MR) is 68.3 cm³/mol. The van der Waals surface area contributed by atoms with Crippen molar-refractivity contribution in [1.29, 1.82) is 0 Å². The van der Waals surface area contributed by atoms with Crippen LogP contribution < -0.4 is 5.73 Å². The van der Waals surface area contributed by atoms with Gasteiger partial charge in [0.15, 0.2) is 0 Å². The maximum atomic E-state index is 11.8. The van der Waals surface area contributed by atoms with Crippen LogP contribution in [0.25, 0.3) is 0 Å². The van der Waals surface area contributed by atoms with Crippen molar-refractivity contribution in [3.8, 4) is 0 Å². The molecule has 1 amide bonds. The fourth-order valence-corrected chi connectivity index (χ4v) is 1.51. The fourth-order valence-electron chi connectivity index (χ4n) is 1.51. The zero-order chi connectivity index (χ0) is 17.0. The largest absolute Gasteiger partial charge is 0.490 e. The number of carbonyl (C=O) groups excluding carboxylic acids is 1. The number of likely N-dealkylation sites (tertiary alicyclic amines) is 1. The Kier molecular flexibility index (Phi) is 6.62. The number of alkyl halides is 3. The first-order valence-corrected chi connectivity index (χ1v) is 6.29. The topological polar surface area (TPSA) is 104 Å². The van der Waals surface area contributed by atoms with Gasteiger partial charge < -0.3 is 20.8 Å². The van der Waals surface area contributed by atoms with Crippen LogP contribution in [0.4, 0.5) is 13.2 Å². The van der Waals surface area contributed by atoms with Gasteiger partial charge in [-0.3, -0.25) is 4.79 Å². The van der Waals surface area contributed by atoms with Crippen LogP contribution in [-0.2, 0) is 9.59 Å². The molecular weight excluding hydrogens is 293 g/mol. The quantitative estimate of drug-likeness (QED) is 0.657. The average Bonchev–Trinajstić information content (AvgIpc) is 2.72. The number of amides is 1. The summed E-state index contributed by atoms with van der Waals surface area (Å²) in [7, 11) is 0. The number of hydrogen-bond acceptors (Lipinski definition) is 4. The van der Waals surface area contributed by atoms with E-state index in [0.717, 1.165) is 0 Å². The summed E-state index contributed by atoms with van der Waals surface area (Å²) in [6, 6.07) is -0.479. The van der Waals surface area contributed by atoms with Crippen LogP contribution in [0.1, 0.15) is 27.2 Å². The molecule has 1 rings (SSSR count). The lowest BCUT2D eigenvalue weighted by Crippen LogP contribution is -2.49. The van der Waals surface area contributed by atoms with Crippen LogP contribution in [0, 0.1) is 5.41 Å². The molecule has 0 aromatic heterocycles. The molecule has 0 aliphatic carbocycles. The third-order valence-corrected chi connectivity index (χ3v) is 2.92. The summed E-state index contributed by atoms with van der Waals surface area (Å²) >= 11 is 0. The van der Waals surface area contributed by atoms with E-state index in [4.69, 9.17) is 15.6 Å². The molecule has 0 spiro atoms. The highest BCUT2D eigenvalue weighted by molar-refractivity contribution is 5.82. The van der Waals surface area contributed by atoms with E-state index in [1.165, 1.54) is 0 Å². The van der Waals surface area contributed by atoms with Crippen LogP contribution in [0.15, 0.2) is 0 Å². The van der Waals surface area contributed by atoms with Crippen molar-refractivity contribution in [2.75, 3.05) is 13.1 Å². The number of aliphatic hydroxyl groups excluding tert-OH is 1. The molecule has 1 aliphatic heterocycles. The van der Waals surface area contributed by atoms with E-state index in [0.29, 0.717) is 19.5 Å². The number of halogens is 3. The first-order valence-electron chi connectivity index (χ1n) is 6.29. The highest BCUT2D eigenvalue weighted by atomic mass is 19.4. The van der Waals surface area contributed by atoms with E-state index in [2.05, 4.69) is 0 Å². The molecule has 6 nitrogen and oxygen atoms in total. The van der Waals surface area contributed by atoms with Gasteiger partial charge in [0.25, 0.3) is 0 Å². The second-order valence-electron chi connectivity index (χ2n) is 5.87. The summed E-state index contributed by atoms with van der Waals surface area (Å²) in [6.45, 7) is 6.90. The maximum Gasteiger partial charge on any atom is 0.490 e. The molecule has 2 atom stereocenters. The first-order chi connectivity index (χ1) is 9.26. The smallest absolute Gasteiger partial charge is 0.475 e. The molecule has 1 saturated heterocycles. The SMILES string of the molecule is CC(C)(C)[C@H](N)C(=O)N1CC[C@@H](O)C1.O=C(O)C(F)(F)F. The number of nitrogens with two attached hydrogens (primary N) is 1. The molecule has 0 saturated carbocycles. The normalized spacial score (nSPS) is 20.6. The summed E-state index contributed by atoms with van der Waals surface area (Å²) < 4.78 is 31.7. The predicted octanol–water partition coefficient (Wildman–Crippen LogP) is 0.586. The molecule has 1 fully saturated rings. The molecule has 21 heavy (non-hydrogen) atoms. The molecule has 0 unspecified atom stereocenters. The molecule has 0 aromatic rings. The van der Waals surface area contributed by atoms with Gasteiger partial charge in [0.2, 0.25) is 5.91 Å². The van der Waals surface area contributed by atoms with E-state index in [9.17, 15) is 23.1 Å². The minimum atomic E-state index is -5.08. The summed E-state index contributed by atoms with van der Waals surface area (Å²) in [5.74, 6) is -2.80. The molecule has 124 valence electrons. The number of β-amino-alcohol motifs (C(OH)–C–C–N with tert-alkyl or cyclic N) is 1. The van der Waals surface area contributed by atoms with E-state index in [-0.39, 0.29) is 17.4 Å². The van der Waals surface area contributed by atoms with Crippen LogP contribution >= 0.6 is 0 Å². The number of carbonyl (C=O) groups is 2. The van der Waals surface area contributed by atoms with Crippen molar-refractivity contribution in [1.82, 2.24) is 4.90 Å². The number of aliphatic carboxylic acids is 1. The van der Waals surface area contributed by atoms with Crippen LogP contribution in [0.2, 0.25) is 0 Å². The molecule has 4 N–H and O–H groups in total. The number of nitrogens with zero attached hydrogens (tertiary/aromatic N) is 1. The van der Waals surface area contributed by atoms with E-state index in [1.807, 2.05) is 20.8 Å². The summed E-state index contributed by atoms with van der Waals surface area (Å²) in [6.07, 6.45) is -4.78. The van der Waals surface area contributed by atoms with Crippen molar-refractivity contribution < 1.29 is 33.0 Å². The number of rotatable bonds is 1. The van der Waals surface area contributed by atoms with Gasteiger partial charge in [0.05, 0.1) is 12.1 Å². The molecule has 0 bridgehead atoms. The summed E-state index contributed by atoms with van der Waals surface area (Å²) in [5, 5.41) is 16.4. The minimum Gasteiger partial charge on any atom is -0.475 e. The Hall–Kier alpha value is -1.35. The zero-order valence-electron chi connectivity index (χ0n) is 12.1. The number of carboxylic acids is 1. The van der Waals surface area contributed by atoms with Gasteiger partial charge in [-0.15, -0.1) is 0 Å². The average molecular weight is 314 g/mol. The first kappa shape index (κ1) is 19.7. The van der Waals surface area contributed by atoms with Gasteiger partial charge in [0.1, 0.15) is 0 Å².